The Hall–Kier alpha value is -3.83. The lowest BCUT2D eigenvalue weighted by molar-refractivity contribution is -0.116. The number of hydrogen-bond donors (Lipinski definition) is 1. The van der Waals surface area contributed by atoms with Crippen LogP contribution in [-0.4, -0.2) is 41.6 Å². The van der Waals surface area contributed by atoms with Gasteiger partial charge < -0.3 is 14.8 Å². The second-order valence-corrected chi connectivity index (χ2v) is 9.22. The molecule has 174 valence electrons. The lowest BCUT2D eigenvalue weighted by Gasteiger charge is -2.07. The van der Waals surface area contributed by atoms with Crippen LogP contribution < -0.4 is 10.9 Å². The number of aromatic nitrogens is 2. The van der Waals surface area contributed by atoms with Gasteiger partial charge in [-0.2, -0.15) is 0 Å². The van der Waals surface area contributed by atoms with Crippen LogP contribution in [0.15, 0.2) is 47.5 Å². The van der Waals surface area contributed by atoms with Crippen molar-refractivity contribution in [2.24, 2.45) is 0 Å². The van der Waals surface area contributed by atoms with E-state index in [2.05, 4.69) is 10.3 Å². The van der Waals surface area contributed by atoms with Crippen molar-refractivity contribution in [3.05, 3.63) is 69.1 Å². The quantitative estimate of drug-likeness (QED) is 0.404. The van der Waals surface area contributed by atoms with E-state index in [1.54, 1.807) is 13.0 Å². The minimum Gasteiger partial charge on any atom is -0.465 e. The molecule has 0 spiro atoms. The molecule has 0 atom stereocenters. The highest BCUT2D eigenvalue weighted by Crippen LogP contribution is 2.34. The summed E-state index contributed by atoms with van der Waals surface area (Å²) in [5.41, 5.74) is 1.02. The third-order valence-corrected chi connectivity index (χ3v) is 7.33. The molecular formula is C23H19N3O6S2. The Bertz CT molecular complexity index is 1470. The van der Waals surface area contributed by atoms with E-state index in [4.69, 9.17) is 9.47 Å². The molecule has 9 nitrogen and oxygen atoms in total. The predicted octanol–water partition coefficient (Wildman–Crippen LogP) is 3.71. The van der Waals surface area contributed by atoms with Crippen molar-refractivity contribution in [2.45, 2.75) is 13.5 Å². The van der Waals surface area contributed by atoms with Crippen molar-refractivity contribution in [1.82, 2.24) is 9.55 Å². The van der Waals surface area contributed by atoms with Gasteiger partial charge in [0.1, 0.15) is 21.3 Å². The van der Waals surface area contributed by atoms with E-state index in [0.29, 0.717) is 15.8 Å². The van der Waals surface area contributed by atoms with Gasteiger partial charge in [0, 0.05) is 4.88 Å². The van der Waals surface area contributed by atoms with E-state index in [-0.39, 0.29) is 27.5 Å². The zero-order chi connectivity index (χ0) is 24.4. The number of fused-ring (bicyclic) bond motifs is 1. The molecule has 34 heavy (non-hydrogen) atoms. The molecule has 4 rings (SSSR count). The topological polar surface area (TPSA) is 117 Å². The first-order chi connectivity index (χ1) is 16.3. The second kappa shape index (κ2) is 9.57. The fourth-order valence-corrected chi connectivity index (χ4v) is 5.50. The van der Waals surface area contributed by atoms with Crippen LogP contribution in [0.2, 0.25) is 0 Å². The van der Waals surface area contributed by atoms with Gasteiger partial charge in [0.15, 0.2) is 0 Å². The monoisotopic (exact) mass is 497 g/mol. The molecule has 1 N–H and O–H groups in total. The van der Waals surface area contributed by atoms with Crippen LogP contribution in [0, 0.1) is 6.92 Å². The molecule has 0 aliphatic carbocycles. The molecule has 11 heteroatoms. The summed E-state index contributed by atoms with van der Waals surface area (Å²) in [5, 5.41) is 3.16. The van der Waals surface area contributed by atoms with Crippen molar-refractivity contribution in [3.63, 3.8) is 0 Å². The van der Waals surface area contributed by atoms with E-state index in [1.165, 1.54) is 36.5 Å². The minimum absolute atomic E-state index is 0.0625. The minimum atomic E-state index is -0.703. The third-order valence-electron chi connectivity index (χ3n) is 5.05. The fraction of sp³-hybridized carbons (Fsp3) is 0.174. The van der Waals surface area contributed by atoms with Gasteiger partial charge in [-0.15, -0.1) is 22.7 Å². The first-order valence-corrected chi connectivity index (χ1v) is 11.6. The number of nitrogens with zero attached hydrogens (tertiary/aromatic N) is 2. The molecule has 1 amide bonds. The van der Waals surface area contributed by atoms with Crippen molar-refractivity contribution in [3.8, 4) is 10.4 Å². The largest absolute Gasteiger partial charge is 0.465 e. The van der Waals surface area contributed by atoms with Crippen molar-refractivity contribution < 1.29 is 23.9 Å². The summed E-state index contributed by atoms with van der Waals surface area (Å²) in [6.07, 6.45) is 1.32. The summed E-state index contributed by atoms with van der Waals surface area (Å²) < 4.78 is 10.7. The number of thiophene rings is 2. The summed E-state index contributed by atoms with van der Waals surface area (Å²) in [6, 6.07) is 11.4. The van der Waals surface area contributed by atoms with Gasteiger partial charge in [-0.3, -0.25) is 14.2 Å². The van der Waals surface area contributed by atoms with Gasteiger partial charge in [-0.25, -0.2) is 14.6 Å². The molecule has 4 aromatic rings. The number of hydrogen-bond acceptors (Lipinski definition) is 9. The Balaban J connectivity index is 1.62. The Kier molecular flexibility index (Phi) is 6.57. The lowest BCUT2D eigenvalue weighted by atomic mass is 10.1. The predicted molar refractivity (Wildman–Crippen MR) is 130 cm³/mol. The summed E-state index contributed by atoms with van der Waals surface area (Å²) in [4.78, 5) is 56.0. The van der Waals surface area contributed by atoms with Gasteiger partial charge in [0.05, 0.1) is 31.5 Å². The number of carbonyl (C=O) groups is 3. The molecule has 3 aromatic heterocycles. The van der Waals surface area contributed by atoms with Gasteiger partial charge in [0.2, 0.25) is 5.91 Å². The first kappa shape index (κ1) is 23.3. The summed E-state index contributed by atoms with van der Waals surface area (Å²) in [6.45, 7) is 1.23. The van der Waals surface area contributed by atoms with Crippen LogP contribution in [0.5, 0.6) is 0 Å². The third kappa shape index (κ3) is 4.35. The van der Waals surface area contributed by atoms with Gasteiger partial charge >= 0.3 is 11.9 Å². The molecule has 0 unspecified atom stereocenters. The van der Waals surface area contributed by atoms with E-state index >= 15 is 0 Å². The Morgan fingerprint density at radius 2 is 1.76 bits per heavy atom. The van der Waals surface area contributed by atoms with Crippen LogP contribution in [0.25, 0.3) is 20.7 Å². The van der Waals surface area contributed by atoms with E-state index in [9.17, 15) is 19.2 Å². The number of ether oxygens (including phenoxy) is 2. The molecule has 0 aliphatic heterocycles. The molecule has 0 fully saturated rings. The molecule has 1 aromatic carbocycles. The smallest absolute Gasteiger partial charge is 0.348 e. The average molecular weight is 498 g/mol. The second-order valence-electron chi connectivity index (χ2n) is 7.16. The Labute approximate surface area is 201 Å². The fourth-order valence-electron chi connectivity index (χ4n) is 3.37. The average Bonchev–Trinajstić information content (AvgIpc) is 3.42. The van der Waals surface area contributed by atoms with Crippen molar-refractivity contribution >= 4 is 55.7 Å². The maximum Gasteiger partial charge on any atom is 0.348 e. The highest BCUT2D eigenvalue weighted by atomic mass is 32.1. The summed E-state index contributed by atoms with van der Waals surface area (Å²) >= 11 is 2.29. The van der Waals surface area contributed by atoms with Crippen LogP contribution in [0.1, 0.15) is 25.6 Å². The molecule has 0 bridgehead atoms. The Morgan fingerprint density at radius 3 is 2.44 bits per heavy atom. The lowest BCUT2D eigenvalue weighted by Crippen LogP contribution is -2.27. The zero-order valence-electron chi connectivity index (χ0n) is 18.4. The molecular weight excluding hydrogens is 478 g/mol. The van der Waals surface area contributed by atoms with Crippen LogP contribution in [-0.2, 0) is 20.8 Å². The van der Waals surface area contributed by atoms with E-state index < -0.39 is 17.8 Å². The maximum absolute atomic E-state index is 13.0. The Morgan fingerprint density at radius 1 is 1.06 bits per heavy atom. The maximum atomic E-state index is 13.0. The number of carbonyl (C=O) groups excluding carboxylic acids is 3. The van der Waals surface area contributed by atoms with Crippen LogP contribution in [0.4, 0.5) is 5.00 Å². The number of nitrogens with one attached hydrogen (secondary N) is 1. The van der Waals surface area contributed by atoms with Gasteiger partial charge in [-0.05, 0) is 24.1 Å². The van der Waals surface area contributed by atoms with Gasteiger partial charge in [0.25, 0.3) is 5.56 Å². The van der Waals surface area contributed by atoms with E-state index in [1.807, 2.05) is 30.3 Å². The highest BCUT2D eigenvalue weighted by molar-refractivity contribution is 7.21. The normalized spacial score (nSPS) is 10.8. The number of rotatable bonds is 6. The number of methoxy groups -OCH3 is 2. The number of esters is 2. The highest BCUT2D eigenvalue weighted by Gasteiger charge is 2.27. The standard InChI is InChI=1S/C23H19N3O6S2/c1-12-17(22(29)31-2)20(34-18(12)23(30)32-3)25-16(27)10-26-11-24-19-14(21(26)28)9-15(33-19)13-7-5-4-6-8-13/h4-9,11H,10H2,1-3H3,(H,25,27). The zero-order valence-corrected chi connectivity index (χ0v) is 20.0. The molecule has 3 heterocycles. The molecule has 0 saturated carbocycles. The molecule has 0 radical (unpaired) electrons. The number of benzene rings is 1. The summed E-state index contributed by atoms with van der Waals surface area (Å²) in [5.74, 6) is -1.90. The van der Waals surface area contributed by atoms with Crippen molar-refractivity contribution in [1.29, 1.82) is 0 Å². The van der Waals surface area contributed by atoms with Gasteiger partial charge in [-0.1, -0.05) is 30.3 Å². The van der Waals surface area contributed by atoms with Crippen LogP contribution in [0.3, 0.4) is 0 Å². The van der Waals surface area contributed by atoms with Crippen LogP contribution >= 0.6 is 22.7 Å². The molecule has 0 aliphatic rings. The number of anilines is 1. The summed E-state index contributed by atoms with van der Waals surface area (Å²) in [7, 11) is 2.43. The van der Waals surface area contributed by atoms with Crippen molar-refractivity contribution in [2.75, 3.05) is 19.5 Å². The SMILES string of the molecule is COC(=O)c1sc(NC(=O)Cn2cnc3sc(-c4ccccc4)cc3c2=O)c(C(=O)OC)c1C. The molecule has 0 saturated heterocycles. The van der Waals surface area contributed by atoms with E-state index in [0.717, 1.165) is 21.8 Å². The first-order valence-electron chi connectivity index (χ1n) is 9.98. The number of amides is 1.